The molecule has 1 heterocycles. The topological polar surface area (TPSA) is 44.8 Å². The Bertz CT molecular complexity index is 850. The van der Waals surface area contributed by atoms with E-state index in [1.54, 1.807) is 0 Å². The van der Waals surface area contributed by atoms with E-state index in [1.807, 2.05) is 6.92 Å². The summed E-state index contributed by atoms with van der Waals surface area (Å²) in [5, 5.41) is 2.50. The molecule has 2 atom stereocenters. The second-order valence-electron chi connectivity index (χ2n) is 9.63. The smallest absolute Gasteiger partial charge is 0.305 e. The Balaban J connectivity index is 1.74. The maximum Gasteiger partial charge on any atom is 0.305 e. The van der Waals surface area contributed by atoms with Crippen LogP contribution in [0.5, 0.6) is 0 Å². The van der Waals surface area contributed by atoms with Gasteiger partial charge in [0.25, 0.3) is 8.32 Å². The molecule has 0 unspecified atom stereocenters. The highest BCUT2D eigenvalue weighted by Gasteiger charge is 2.50. The van der Waals surface area contributed by atoms with Crippen molar-refractivity contribution >= 4 is 24.7 Å². The Hall–Kier alpha value is -2.21. The highest BCUT2D eigenvalue weighted by Crippen LogP contribution is 2.37. The van der Waals surface area contributed by atoms with Crippen molar-refractivity contribution in [1.82, 2.24) is 0 Å². The Morgan fingerprint density at radius 2 is 1.64 bits per heavy atom. The van der Waals surface area contributed by atoms with E-state index in [0.29, 0.717) is 19.6 Å². The van der Waals surface area contributed by atoms with Crippen LogP contribution in [0, 0.1) is 0 Å². The number of rotatable bonds is 10. The van der Waals surface area contributed by atoms with Gasteiger partial charge in [-0.1, -0.05) is 93.6 Å². The number of hydrogen-bond acceptors (Lipinski definition) is 4. The number of carbonyl (C=O) groups is 1. The lowest BCUT2D eigenvalue weighted by Gasteiger charge is -2.44. The van der Waals surface area contributed by atoms with Crippen molar-refractivity contribution in [3.05, 3.63) is 72.8 Å². The molecule has 3 rings (SSSR count). The minimum absolute atomic E-state index is 0.00393. The van der Waals surface area contributed by atoms with Crippen LogP contribution >= 0.6 is 0 Å². The van der Waals surface area contributed by atoms with Crippen LogP contribution < -0.4 is 10.4 Å². The van der Waals surface area contributed by atoms with Crippen molar-refractivity contribution in [2.24, 2.45) is 0 Å². The summed E-state index contributed by atoms with van der Waals surface area (Å²) in [6.07, 6.45) is 7.17. The lowest BCUT2D eigenvalue weighted by molar-refractivity contribution is -0.143. The first-order valence-electron chi connectivity index (χ1n) is 12.1. The lowest BCUT2D eigenvalue weighted by atomic mass is 10.1. The van der Waals surface area contributed by atoms with Crippen molar-refractivity contribution in [3.8, 4) is 0 Å². The number of ether oxygens (including phenoxy) is 2. The van der Waals surface area contributed by atoms with Crippen LogP contribution in [0.15, 0.2) is 72.8 Å². The van der Waals surface area contributed by atoms with Gasteiger partial charge in [0.05, 0.1) is 25.4 Å². The lowest BCUT2D eigenvalue weighted by Crippen LogP contribution is -2.67. The highest BCUT2D eigenvalue weighted by molar-refractivity contribution is 6.99. The molecule has 4 nitrogen and oxygen atoms in total. The minimum atomic E-state index is -2.57. The summed E-state index contributed by atoms with van der Waals surface area (Å²) in [7, 11) is -2.57. The number of carbonyl (C=O) groups excluding carboxylic acids is 1. The molecule has 33 heavy (non-hydrogen) atoms. The third-order valence-electron chi connectivity index (χ3n) is 6.19. The van der Waals surface area contributed by atoms with Gasteiger partial charge in [-0.25, -0.2) is 0 Å². The summed E-state index contributed by atoms with van der Waals surface area (Å²) in [6.45, 7) is 9.69. The molecule has 1 aliphatic heterocycles. The second-order valence-corrected chi connectivity index (χ2v) is 13.9. The summed E-state index contributed by atoms with van der Waals surface area (Å²) in [5.41, 5.74) is 0. The van der Waals surface area contributed by atoms with E-state index < -0.39 is 8.32 Å². The molecule has 178 valence electrons. The van der Waals surface area contributed by atoms with Crippen molar-refractivity contribution < 1.29 is 18.7 Å². The van der Waals surface area contributed by atoms with Crippen molar-refractivity contribution in [3.63, 3.8) is 0 Å². The molecule has 0 aliphatic carbocycles. The van der Waals surface area contributed by atoms with Crippen LogP contribution in [-0.4, -0.2) is 39.7 Å². The average molecular weight is 467 g/mol. The van der Waals surface area contributed by atoms with Crippen LogP contribution in [0.4, 0.5) is 0 Å². The highest BCUT2D eigenvalue weighted by atomic mass is 28.4. The molecule has 0 saturated heterocycles. The Morgan fingerprint density at radius 1 is 1.03 bits per heavy atom. The van der Waals surface area contributed by atoms with E-state index in [0.717, 1.165) is 19.3 Å². The van der Waals surface area contributed by atoms with Gasteiger partial charge in [0.2, 0.25) is 0 Å². The van der Waals surface area contributed by atoms with Crippen LogP contribution in [0.1, 0.15) is 53.4 Å². The van der Waals surface area contributed by atoms with Gasteiger partial charge < -0.3 is 13.9 Å². The standard InChI is InChI=1S/C28H38O4Si/c1-5-30-27(29)21-13-15-23-14-12-16-24(32-23)22-31-33(28(2,3)4,25-17-8-6-9-18-25)26-19-10-7-11-20-26/h6-12,14,17-20,23-24H,5,13,15-16,21-22H2,1-4H3/t23-,24-/m0/s1. The van der Waals surface area contributed by atoms with Crippen LogP contribution in [0.25, 0.3) is 0 Å². The zero-order valence-electron chi connectivity index (χ0n) is 20.5. The molecule has 0 fully saturated rings. The molecular weight excluding hydrogens is 428 g/mol. The van der Waals surface area contributed by atoms with Gasteiger partial charge >= 0.3 is 5.97 Å². The fourth-order valence-electron chi connectivity index (χ4n) is 4.66. The van der Waals surface area contributed by atoms with E-state index in [1.165, 1.54) is 10.4 Å². The minimum Gasteiger partial charge on any atom is -0.466 e. The quantitative estimate of drug-likeness (QED) is 0.280. The summed E-state index contributed by atoms with van der Waals surface area (Å²) in [6, 6.07) is 21.4. The van der Waals surface area contributed by atoms with E-state index in [4.69, 9.17) is 13.9 Å². The van der Waals surface area contributed by atoms with Gasteiger partial charge in [0.15, 0.2) is 0 Å². The van der Waals surface area contributed by atoms with Gasteiger partial charge in [0.1, 0.15) is 0 Å². The maximum atomic E-state index is 11.6. The van der Waals surface area contributed by atoms with Gasteiger partial charge in [-0.2, -0.15) is 0 Å². The largest absolute Gasteiger partial charge is 0.466 e. The van der Waals surface area contributed by atoms with E-state index in [2.05, 4.69) is 93.6 Å². The Morgan fingerprint density at radius 3 is 2.18 bits per heavy atom. The van der Waals surface area contributed by atoms with E-state index in [9.17, 15) is 4.79 Å². The first-order valence-corrected chi connectivity index (χ1v) is 14.0. The molecule has 1 aliphatic rings. The zero-order chi connectivity index (χ0) is 23.7. The van der Waals surface area contributed by atoms with Crippen molar-refractivity contribution in [1.29, 1.82) is 0 Å². The monoisotopic (exact) mass is 466 g/mol. The summed E-state index contributed by atoms with van der Waals surface area (Å²) in [5.74, 6) is -0.135. The third kappa shape index (κ3) is 6.43. The van der Waals surface area contributed by atoms with Gasteiger partial charge in [-0.3, -0.25) is 4.79 Å². The molecule has 0 saturated carbocycles. The normalized spacial score (nSPS) is 18.8. The van der Waals surface area contributed by atoms with Crippen molar-refractivity contribution in [2.45, 2.75) is 70.6 Å². The summed E-state index contributed by atoms with van der Waals surface area (Å²) < 4.78 is 18.4. The second kappa shape index (κ2) is 11.8. The SMILES string of the molecule is CCOC(=O)CCC[C@@H]1C=CC[C@@H](CO[Si](c2ccccc2)(c2ccccc2)C(C)(C)C)O1. The molecule has 0 aromatic heterocycles. The fourth-order valence-corrected chi connectivity index (χ4v) is 9.25. The van der Waals surface area contributed by atoms with Gasteiger partial charge in [-0.05, 0) is 41.6 Å². The molecule has 0 bridgehead atoms. The Labute approximate surface area is 200 Å². The van der Waals surface area contributed by atoms with Crippen molar-refractivity contribution in [2.75, 3.05) is 13.2 Å². The predicted octanol–water partition coefficient (Wildman–Crippen LogP) is 5.01. The van der Waals surface area contributed by atoms with Crippen LogP contribution in [0.2, 0.25) is 5.04 Å². The van der Waals surface area contributed by atoms with E-state index >= 15 is 0 Å². The van der Waals surface area contributed by atoms with Gasteiger partial charge in [-0.15, -0.1) is 0 Å². The van der Waals surface area contributed by atoms with Crippen LogP contribution in [-0.2, 0) is 18.7 Å². The third-order valence-corrected chi connectivity index (χ3v) is 11.2. The Kier molecular flexibility index (Phi) is 9.07. The van der Waals surface area contributed by atoms with E-state index in [-0.39, 0.29) is 23.2 Å². The summed E-state index contributed by atoms with van der Waals surface area (Å²) >= 11 is 0. The molecule has 0 amide bonds. The predicted molar refractivity (Wildman–Crippen MR) is 136 cm³/mol. The average Bonchev–Trinajstić information content (AvgIpc) is 2.80. The number of esters is 1. The molecule has 0 radical (unpaired) electrons. The molecule has 0 N–H and O–H groups in total. The molecular formula is C28H38O4Si. The molecule has 2 aromatic rings. The van der Waals surface area contributed by atoms with Gasteiger partial charge in [0, 0.05) is 6.42 Å². The maximum absolute atomic E-state index is 11.6. The van der Waals surface area contributed by atoms with Crippen LogP contribution in [0.3, 0.4) is 0 Å². The molecule has 5 heteroatoms. The first kappa shape index (κ1) is 25.4. The molecule has 2 aromatic carbocycles. The summed E-state index contributed by atoms with van der Waals surface area (Å²) in [4.78, 5) is 11.6. The number of benzene rings is 2. The zero-order valence-corrected chi connectivity index (χ0v) is 21.5. The number of hydrogen-bond donors (Lipinski definition) is 0. The first-order chi connectivity index (χ1) is 15.9. The fraction of sp³-hybridized carbons (Fsp3) is 0.464. The molecule has 0 spiro atoms.